The maximum Gasteiger partial charge on any atom is 0.0951 e. The van der Waals surface area contributed by atoms with Crippen LogP contribution >= 0.6 is 0 Å². The summed E-state index contributed by atoms with van der Waals surface area (Å²) in [6.07, 6.45) is 11.4. The van der Waals surface area contributed by atoms with Crippen molar-refractivity contribution in [3.8, 4) is 0 Å². The van der Waals surface area contributed by atoms with E-state index in [2.05, 4.69) is 37.2 Å². The molecule has 0 aliphatic carbocycles. The Balaban J connectivity index is 2.55. The van der Waals surface area contributed by atoms with Crippen LogP contribution < -0.4 is 5.73 Å². The molecular formula is C16H31N3. The molecule has 1 aromatic heterocycles. The first-order valence-corrected chi connectivity index (χ1v) is 7.83. The number of imidazole rings is 1. The molecular weight excluding hydrogens is 234 g/mol. The van der Waals surface area contributed by atoms with Crippen LogP contribution in [0.5, 0.6) is 0 Å². The summed E-state index contributed by atoms with van der Waals surface area (Å²) in [6.45, 7) is 8.96. The van der Waals surface area contributed by atoms with Crippen LogP contribution in [0, 0.1) is 5.92 Å². The summed E-state index contributed by atoms with van der Waals surface area (Å²) in [5.41, 5.74) is 7.49. The van der Waals surface area contributed by atoms with Crippen LogP contribution in [-0.2, 0) is 0 Å². The molecule has 3 nitrogen and oxygen atoms in total. The predicted molar refractivity (Wildman–Crippen MR) is 82.1 cm³/mol. The average Bonchev–Trinajstić information content (AvgIpc) is 2.82. The summed E-state index contributed by atoms with van der Waals surface area (Å²) in [4.78, 5) is 4.30. The molecule has 110 valence electrons. The molecule has 3 heteroatoms. The van der Waals surface area contributed by atoms with Gasteiger partial charge in [0.15, 0.2) is 0 Å². The summed E-state index contributed by atoms with van der Waals surface area (Å²) in [5.74, 6) is 0.623. The Morgan fingerprint density at radius 1 is 1.21 bits per heavy atom. The first kappa shape index (κ1) is 16.2. The molecule has 0 aliphatic heterocycles. The zero-order valence-corrected chi connectivity index (χ0v) is 13.1. The fourth-order valence-corrected chi connectivity index (χ4v) is 2.60. The van der Waals surface area contributed by atoms with Crippen LogP contribution in [0.4, 0.5) is 0 Å². The summed E-state index contributed by atoms with van der Waals surface area (Å²) in [7, 11) is 0. The Bertz CT molecular complexity index is 344. The largest absolute Gasteiger partial charge is 0.330 e. The molecule has 19 heavy (non-hydrogen) atoms. The smallest absolute Gasteiger partial charge is 0.0951 e. The van der Waals surface area contributed by atoms with E-state index in [1.54, 1.807) is 0 Å². The summed E-state index contributed by atoms with van der Waals surface area (Å²) < 4.78 is 2.28. The van der Waals surface area contributed by atoms with Crippen molar-refractivity contribution >= 4 is 0 Å². The van der Waals surface area contributed by atoms with Gasteiger partial charge in [-0.25, -0.2) is 4.98 Å². The highest BCUT2D eigenvalue weighted by Gasteiger charge is 2.16. The normalized spacial score (nSPS) is 14.8. The van der Waals surface area contributed by atoms with Gasteiger partial charge in [-0.2, -0.15) is 0 Å². The van der Waals surface area contributed by atoms with E-state index >= 15 is 0 Å². The van der Waals surface area contributed by atoms with Crippen molar-refractivity contribution in [1.82, 2.24) is 9.55 Å². The van der Waals surface area contributed by atoms with Crippen molar-refractivity contribution in [1.29, 1.82) is 0 Å². The monoisotopic (exact) mass is 265 g/mol. The Morgan fingerprint density at radius 3 is 2.58 bits per heavy atom. The molecule has 0 radical (unpaired) electrons. The van der Waals surface area contributed by atoms with Crippen molar-refractivity contribution in [3.63, 3.8) is 0 Å². The zero-order chi connectivity index (χ0) is 14.3. The highest BCUT2D eigenvalue weighted by atomic mass is 15.1. The van der Waals surface area contributed by atoms with E-state index in [9.17, 15) is 0 Å². The van der Waals surface area contributed by atoms with E-state index in [0.29, 0.717) is 12.0 Å². The fourth-order valence-electron chi connectivity index (χ4n) is 2.60. The number of nitrogens with two attached hydrogens (primary N) is 1. The fraction of sp³-hybridized carbons (Fsp3) is 0.812. The highest BCUT2D eigenvalue weighted by Crippen LogP contribution is 2.24. The second-order valence-corrected chi connectivity index (χ2v) is 6.16. The third kappa shape index (κ3) is 5.35. The van der Waals surface area contributed by atoms with Crippen molar-refractivity contribution in [2.75, 3.05) is 0 Å². The second kappa shape index (κ2) is 8.36. The van der Waals surface area contributed by atoms with Crippen molar-refractivity contribution < 1.29 is 0 Å². The van der Waals surface area contributed by atoms with Gasteiger partial charge in [0.2, 0.25) is 0 Å². The van der Waals surface area contributed by atoms with Gasteiger partial charge >= 0.3 is 0 Å². The van der Waals surface area contributed by atoms with Crippen LogP contribution in [0.3, 0.4) is 0 Å². The molecule has 1 rings (SSSR count). The number of nitrogens with zero attached hydrogens (tertiary/aromatic N) is 2. The summed E-state index contributed by atoms with van der Waals surface area (Å²) >= 11 is 0. The molecule has 0 bridgehead atoms. The van der Waals surface area contributed by atoms with E-state index in [0.717, 1.165) is 6.42 Å². The number of hydrogen-bond donors (Lipinski definition) is 1. The average molecular weight is 265 g/mol. The molecule has 0 aromatic carbocycles. The van der Waals surface area contributed by atoms with E-state index < -0.39 is 0 Å². The molecule has 0 amide bonds. The van der Waals surface area contributed by atoms with Gasteiger partial charge in [0.1, 0.15) is 0 Å². The highest BCUT2D eigenvalue weighted by molar-refractivity contribution is 5.06. The van der Waals surface area contributed by atoms with Gasteiger partial charge in [-0.1, -0.05) is 46.5 Å². The Hall–Kier alpha value is -0.830. The molecule has 0 saturated heterocycles. The topological polar surface area (TPSA) is 43.8 Å². The third-order valence-corrected chi connectivity index (χ3v) is 3.75. The quantitative estimate of drug-likeness (QED) is 0.670. The first-order valence-electron chi connectivity index (χ1n) is 7.83. The lowest BCUT2D eigenvalue weighted by Crippen LogP contribution is -2.19. The minimum Gasteiger partial charge on any atom is -0.330 e. The van der Waals surface area contributed by atoms with Crippen molar-refractivity contribution in [2.45, 2.75) is 78.3 Å². The van der Waals surface area contributed by atoms with Crippen molar-refractivity contribution in [2.24, 2.45) is 11.7 Å². The Morgan fingerprint density at radius 2 is 1.95 bits per heavy atom. The van der Waals surface area contributed by atoms with E-state index in [1.807, 2.05) is 12.5 Å². The lowest BCUT2D eigenvalue weighted by atomic mass is 10.0. The number of unbranched alkanes of at least 4 members (excludes halogenated alkanes) is 3. The van der Waals surface area contributed by atoms with Gasteiger partial charge in [-0.15, -0.1) is 0 Å². The standard InChI is InChI=1S/C16H31N3/c1-5-6-7-8-9-14(4)19-12-18-11-16(19)15(17)10-13(2)3/h11-15H,5-10,17H2,1-4H3. The molecule has 2 N–H and O–H groups in total. The molecule has 0 saturated carbocycles. The molecule has 2 unspecified atom stereocenters. The van der Waals surface area contributed by atoms with E-state index in [4.69, 9.17) is 5.73 Å². The Labute approximate surface area is 118 Å². The maximum absolute atomic E-state index is 6.29. The van der Waals surface area contributed by atoms with Crippen LogP contribution in [-0.4, -0.2) is 9.55 Å². The van der Waals surface area contributed by atoms with Crippen LogP contribution in [0.2, 0.25) is 0 Å². The number of rotatable bonds is 9. The minimum absolute atomic E-state index is 0.112. The third-order valence-electron chi connectivity index (χ3n) is 3.75. The first-order chi connectivity index (χ1) is 9.06. The lowest BCUT2D eigenvalue weighted by Gasteiger charge is -2.21. The Kier molecular flexibility index (Phi) is 7.14. The van der Waals surface area contributed by atoms with Gasteiger partial charge in [-0.3, -0.25) is 0 Å². The second-order valence-electron chi connectivity index (χ2n) is 6.16. The SMILES string of the molecule is CCCCCCC(C)n1cncc1C(N)CC(C)C. The minimum atomic E-state index is 0.112. The maximum atomic E-state index is 6.29. The van der Waals surface area contributed by atoms with Crippen LogP contribution in [0.1, 0.15) is 84.0 Å². The van der Waals surface area contributed by atoms with E-state index in [1.165, 1.54) is 37.8 Å². The summed E-state index contributed by atoms with van der Waals surface area (Å²) in [5, 5.41) is 0. The molecule has 0 aliphatic rings. The molecule has 0 spiro atoms. The molecule has 1 heterocycles. The number of hydrogen-bond acceptors (Lipinski definition) is 2. The molecule has 0 fully saturated rings. The predicted octanol–water partition coefficient (Wildman–Crippen LogP) is 4.46. The van der Waals surface area contributed by atoms with Gasteiger partial charge in [-0.05, 0) is 25.7 Å². The molecule has 2 atom stereocenters. The van der Waals surface area contributed by atoms with Crippen LogP contribution in [0.25, 0.3) is 0 Å². The van der Waals surface area contributed by atoms with Gasteiger partial charge in [0, 0.05) is 18.3 Å². The number of aromatic nitrogens is 2. The van der Waals surface area contributed by atoms with Gasteiger partial charge < -0.3 is 10.3 Å². The van der Waals surface area contributed by atoms with Gasteiger partial charge in [0.25, 0.3) is 0 Å². The zero-order valence-electron chi connectivity index (χ0n) is 13.1. The van der Waals surface area contributed by atoms with Crippen molar-refractivity contribution in [3.05, 3.63) is 18.2 Å². The summed E-state index contributed by atoms with van der Waals surface area (Å²) in [6, 6.07) is 0.619. The van der Waals surface area contributed by atoms with E-state index in [-0.39, 0.29) is 6.04 Å². The molecule has 1 aromatic rings. The lowest BCUT2D eigenvalue weighted by molar-refractivity contribution is 0.428. The van der Waals surface area contributed by atoms with Gasteiger partial charge in [0.05, 0.1) is 12.0 Å². The van der Waals surface area contributed by atoms with Crippen LogP contribution in [0.15, 0.2) is 12.5 Å².